The third-order valence-electron chi connectivity index (χ3n) is 8.18. The summed E-state index contributed by atoms with van der Waals surface area (Å²) in [5, 5.41) is 22.1. The molecule has 0 aromatic heterocycles. The standard InChI is InChI=1S/C33H50N8O/c1-7-27(21-39-23-30(42)24-39)22-41(34-5)31-14-16-35-33(37-31)36-26(4)12-13-29-20-28(15-19-38(29)6)32(25(2)3)40-17-10-8-9-11-18-40/h12-16,20,22,30,32-33,35-36,42H,2,4-5,7-11,17-19,21,23-24H2,1,3,6H3/b13-12-,27-22+. The maximum absolute atomic E-state index is 9.61. The third kappa shape index (κ3) is 8.56. The molecular formula is C33H50N8O. The zero-order valence-electron chi connectivity index (χ0n) is 25.8. The lowest BCUT2D eigenvalue weighted by Crippen LogP contribution is -2.51. The van der Waals surface area contributed by atoms with E-state index in [4.69, 9.17) is 4.99 Å². The van der Waals surface area contributed by atoms with Gasteiger partial charge in [-0.25, -0.2) is 10.0 Å². The van der Waals surface area contributed by atoms with E-state index in [1.54, 1.807) is 5.01 Å². The van der Waals surface area contributed by atoms with Gasteiger partial charge in [0.05, 0.1) is 12.1 Å². The van der Waals surface area contributed by atoms with Gasteiger partial charge in [0, 0.05) is 63.7 Å². The van der Waals surface area contributed by atoms with Crippen molar-refractivity contribution in [2.75, 3.05) is 46.3 Å². The van der Waals surface area contributed by atoms with E-state index >= 15 is 0 Å². The second-order valence-corrected chi connectivity index (χ2v) is 11.7. The van der Waals surface area contributed by atoms with E-state index in [9.17, 15) is 5.11 Å². The number of aliphatic imine (C=N–C) groups is 1. The van der Waals surface area contributed by atoms with Crippen LogP contribution in [0.3, 0.4) is 0 Å². The van der Waals surface area contributed by atoms with Crippen LogP contribution in [0.15, 0.2) is 94.1 Å². The van der Waals surface area contributed by atoms with Crippen molar-refractivity contribution in [3.05, 3.63) is 84.1 Å². The van der Waals surface area contributed by atoms with Gasteiger partial charge in [-0.1, -0.05) is 44.6 Å². The Kier molecular flexibility index (Phi) is 11.4. The summed E-state index contributed by atoms with van der Waals surface area (Å²) in [6.07, 6.45) is 19.9. The summed E-state index contributed by atoms with van der Waals surface area (Å²) in [6, 6.07) is 0.258. The first-order valence-corrected chi connectivity index (χ1v) is 15.3. The second-order valence-electron chi connectivity index (χ2n) is 11.7. The fraction of sp³-hybridized carbons (Fsp3) is 0.515. The summed E-state index contributed by atoms with van der Waals surface area (Å²) in [7, 11) is 2.12. The van der Waals surface area contributed by atoms with Gasteiger partial charge in [0.15, 0.2) is 12.1 Å². The van der Waals surface area contributed by atoms with Crippen LogP contribution in [-0.4, -0.2) is 102 Å². The predicted molar refractivity (Wildman–Crippen MR) is 175 cm³/mol. The van der Waals surface area contributed by atoms with Crippen LogP contribution in [0.4, 0.5) is 0 Å². The average molecular weight is 575 g/mol. The van der Waals surface area contributed by atoms with Crippen LogP contribution in [0.1, 0.15) is 46.0 Å². The molecule has 9 heteroatoms. The first-order valence-electron chi connectivity index (χ1n) is 15.3. The summed E-state index contributed by atoms with van der Waals surface area (Å²) in [5.74, 6) is 0.677. The van der Waals surface area contributed by atoms with Crippen molar-refractivity contribution in [3.8, 4) is 0 Å². The molecule has 4 aliphatic rings. The molecule has 0 amide bonds. The summed E-state index contributed by atoms with van der Waals surface area (Å²) < 4.78 is 0. The van der Waals surface area contributed by atoms with Crippen LogP contribution in [0, 0.1) is 0 Å². The molecule has 3 N–H and O–H groups in total. The highest BCUT2D eigenvalue weighted by Crippen LogP contribution is 2.27. The van der Waals surface area contributed by atoms with Crippen molar-refractivity contribution in [3.63, 3.8) is 0 Å². The molecule has 2 fully saturated rings. The van der Waals surface area contributed by atoms with Crippen molar-refractivity contribution in [1.82, 2.24) is 30.3 Å². The Morgan fingerprint density at radius 1 is 1.26 bits per heavy atom. The van der Waals surface area contributed by atoms with Gasteiger partial charge in [-0.05, 0) is 74.7 Å². The number of allylic oxidation sites excluding steroid dienone is 2. The number of hydrogen-bond donors (Lipinski definition) is 3. The van der Waals surface area contributed by atoms with E-state index in [1.165, 1.54) is 42.4 Å². The van der Waals surface area contributed by atoms with E-state index < -0.39 is 0 Å². The predicted octanol–water partition coefficient (Wildman–Crippen LogP) is 3.91. The Morgan fingerprint density at radius 3 is 2.64 bits per heavy atom. The van der Waals surface area contributed by atoms with Crippen LogP contribution < -0.4 is 10.6 Å². The van der Waals surface area contributed by atoms with Crippen molar-refractivity contribution < 1.29 is 5.11 Å². The summed E-state index contributed by atoms with van der Waals surface area (Å²) in [4.78, 5) is 11.9. The van der Waals surface area contributed by atoms with Crippen LogP contribution in [-0.2, 0) is 0 Å². The lowest BCUT2D eigenvalue weighted by molar-refractivity contribution is 0.00777. The average Bonchev–Trinajstić information content (AvgIpc) is 3.23. The van der Waals surface area contributed by atoms with Gasteiger partial charge in [-0.15, -0.1) is 0 Å². The van der Waals surface area contributed by atoms with Crippen molar-refractivity contribution in [2.24, 2.45) is 10.1 Å². The van der Waals surface area contributed by atoms with E-state index in [1.807, 2.05) is 24.6 Å². The Morgan fingerprint density at radius 2 is 2.00 bits per heavy atom. The maximum atomic E-state index is 9.61. The highest BCUT2D eigenvalue weighted by Gasteiger charge is 2.26. The van der Waals surface area contributed by atoms with E-state index in [-0.39, 0.29) is 18.4 Å². The smallest absolute Gasteiger partial charge is 0.196 e. The quantitative estimate of drug-likeness (QED) is 0.141. The van der Waals surface area contributed by atoms with Crippen LogP contribution >= 0.6 is 0 Å². The van der Waals surface area contributed by atoms with Crippen LogP contribution in [0.25, 0.3) is 0 Å². The Bertz CT molecular complexity index is 1160. The molecule has 0 radical (unpaired) electrons. The van der Waals surface area contributed by atoms with Crippen molar-refractivity contribution in [2.45, 2.75) is 64.4 Å². The molecule has 2 unspecified atom stereocenters. The Labute approximate surface area is 252 Å². The van der Waals surface area contributed by atoms with Gasteiger partial charge in [-0.3, -0.25) is 9.80 Å². The number of aliphatic hydroxyl groups excluding tert-OH is 1. The first-order chi connectivity index (χ1) is 20.3. The molecule has 2 saturated heterocycles. The number of hydrogen-bond acceptors (Lipinski definition) is 9. The molecule has 0 aromatic rings. The fourth-order valence-corrected chi connectivity index (χ4v) is 5.81. The molecule has 4 heterocycles. The number of aliphatic hydroxyl groups is 1. The van der Waals surface area contributed by atoms with E-state index in [0.717, 1.165) is 44.0 Å². The molecule has 9 nitrogen and oxygen atoms in total. The molecular weight excluding hydrogens is 524 g/mol. The molecule has 0 aliphatic carbocycles. The molecule has 0 saturated carbocycles. The van der Waals surface area contributed by atoms with Gasteiger partial charge in [0.2, 0.25) is 0 Å². The number of nitrogens with one attached hydrogen (secondary N) is 2. The number of amidine groups is 1. The molecule has 0 spiro atoms. The molecule has 4 rings (SSSR count). The Balaban J connectivity index is 1.39. The Hall–Kier alpha value is -3.40. The highest BCUT2D eigenvalue weighted by atomic mass is 16.3. The zero-order valence-corrected chi connectivity index (χ0v) is 25.8. The maximum Gasteiger partial charge on any atom is 0.196 e. The molecule has 0 aromatic carbocycles. The number of hydrazone groups is 1. The van der Waals surface area contributed by atoms with Gasteiger partial charge in [-0.2, -0.15) is 5.10 Å². The lowest BCUT2D eigenvalue weighted by atomic mass is 9.95. The summed E-state index contributed by atoms with van der Waals surface area (Å²) >= 11 is 0. The number of likely N-dealkylation sites (tertiary alicyclic amines) is 2. The van der Waals surface area contributed by atoms with Crippen LogP contribution in [0.5, 0.6) is 0 Å². The first kappa shape index (κ1) is 31.5. The molecule has 228 valence electrons. The number of nitrogens with zero attached hydrogens (tertiary/aromatic N) is 6. The van der Waals surface area contributed by atoms with Crippen LogP contribution in [0.2, 0.25) is 0 Å². The van der Waals surface area contributed by atoms with Gasteiger partial charge >= 0.3 is 0 Å². The molecule has 2 atom stereocenters. The largest absolute Gasteiger partial charge is 0.390 e. The number of rotatable bonds is 12. The summed E-state index contributed by atoms with van der Waals surface area (Å²) in [6.45, 7) is 22.0. The van der Waals surface area contributed by atoms with Crippen molar-refractivity contribution >= 4 is 12.6 Å². The highest BCUT2D eigenvalue weighted by molar-refractivity contribution is 5.94. The minimum Gasteiger partial charge on any atom is -0.390 e. The minimum atomic E-state index is -0.389. The SMILES string of the molecule is C=NN(/C=C(\CC)CN1CC(O)C1)C1=NC(NC(=C)/C=C\C2=CC(C(C(=C)C)N3CCCCCC3)=CCN2C)NC=C1. The molecule has 42 heavy (non-hydrogen) atoms. The minimum absolute atomic E-state index is 0.215. The normalized spacial score (nSPS) is 23.2. The van der Waals surface area contributed by atoms with Gasteiger partial charge in [0.25, 0.3) is 0 Å². The molecule has 4 aliphatic heterocycles. The van der Waals surface area contributed by atoms with Gasteiger partial charge in [0.1, 0.15) is 0 Å². The zero-order chi connectivity index (χ0) is 30.1. The monoisotopic (exact) mass is 574 g/mol. The second kappa shape index (κ2) is 15.2. The summed E-state index contributed by atoms with van der Waals surface area (Å²) in [5.41, 5.74) is 5.62. The molecule has 0 bridgehead atoms. The third-order valence-corrected chi connectivity index (χ3v) is 8.18. The lowest BCUT2D eigenvalue weighted by Gasteiger charge is -2.36. The van der Waals surface area contributed by atoms with E-state index in [2.05, 4.69) is 89.4 Å². The fourth-order valence-electron chi connectivity index (χ4n) is 5.81. The number of likely N-dealkylation sites (N-methyl/N-ethyl adjacent to an activating group) is 1. The number of β-amino-alcohol motifs (C(OH)–C–C–N with tert-alkyl or cyclic N) is 1. The van der Waals surface area contributed by atoms with Crippen molar-refractivity contribution in [1.29, 1.82) is 0 Å². The van der Waals surface area contributed by atoms with E-state index in [0.29, 0.717) is 18.9 Å². The van der Waals surface area contributed by atoms with Gasteiger partial charge < -0.3 is 20.6 Å². The topological polar surface area (TPSA) is 82.0 Å².